The van der Waals surface area contributed by atoms with E-state index >= 15 is 0 Å². The largest absolute Gasteiger partial charge is 0.324 e. The lowest BCUT2D eigenvalue weighted by Crippen LogP contribution is -2.27. The second-order valence-electron chi connectivity index (χ2n) is 5.90. The van der Waals surface area contributed by atoms with Gasteiger partial charge in [-0.25, -0.2) is 4.98 Å². The average Bonchev–Trinajstić information content (AvgIpc) is 3.12. The molecule has 0 unspecified atom stereocenters. The Morgan fingerprint density at radius 1 is 1.11 bits per heavy atom. The van der Waals surface area contributed by atoms with Crippen LogP contribution in [0.15, 0.2) is 76.3 Å². The summed E-state index contributed by atoms with van der Waals surface area (Å²) in [6, 6.07) is 19.0. The zero-order valence-corrected chi connectivity index (χ0v) is 16.5. The maximum atomic E-state index is 12.8. The molecule has 2 aromatic carbocycles. The summed E-state index contributed by atoms with van der Waals surface area (Å²) in [5.41, 5.74) is 1.48. The quantitative estimate of drug-likeness (QED) is 0.508. The van der Waals surface area contributed by atoms with Crippen molar-refractivity contribution in [2.75, 3.05) is 5.32 Å². The Kier molecular flexibility index (Phi) is 4.87. The number of carbonyl (C=O) groups is 1. The summed E-state index contributed by atoms with van der Waals surface area (Å²) in [6.45, 7) is -0.0976. The molecule has 4 rings (SSSR count). The molecule has 2 heterocycles. The number of thiophene rings is 1. The normalized spacial score (nSPS) is 10.9. The number of halogens is 1. The highest BCUT2D eigenvalue weighted by molar-refractivity contribution is 9.10. The van der Waals surface area contributed by atoms with Gasteiger partial charge in [-0.2, -0.15) is 0 Å². The molecule has 0 saturated heterocycles. The van der Waals surface area contributed by atoms with Gasteiger partial charge in [0.05, 0.1) is 17.4 Å². The van der Waals surface area contributed by atoms with Crippen molar-refractivity contribution < 1.29 is 4.79 Å². The maximum Gasteiger partial charge on any atom is 0.262 e. The van der Waals surface area contributed by atoms with E-state index in [-0.39, 0.29) is 18.0 Å². The van der Waals surface area contributed by atoms with E-state index in [1.54, 1.807) is 6.07 Å². The Balaban J connectivity index is 1.61. The number of benzene rings is 2. The molecule has 0 aliphatic heterocycles. The van der Waals surface area contributed by atoms with E-state index in [2.05, 4.69) is 26.2 Å². The molecule has 0 fully saturated rings. The SMILES string of the molecule is O=C(Cn1cnc2sc(-c3ccccc3)cc2c1=O)Nc1ccccc1Br. The minimum atomic E-state index is -0.288. The van der Waals surface area contributed by atoms with Crippen LogP contribution in [0.25, 0.3) is 20.7 Å². The molecule has 2 aromatic heterocycles. The fourth-order valence-electron chi connectivity index (χ4n) is 2.72. The fraction of sp³-hybridized carbons (Fsp3) is 0.0500. The molecule has 0 radical (unpaired) electrons. The smallest absolute Gasteiger partial charge is 0.262 e. The summed E-state index contributed by atoms with van der Waals surface area (Å²) in [6.07, 6.45) is 1.43. The number of carbonyl (C=O) groups excluding carboxylic acids is 1. The van der Waals surface area contributed by atoms with Crippen molar-refractivity contribution in [2.24, 2.45) is 0 Å². The molecule has 5 nitrogen and oxygen atoms in total. The molecule has 0 saturated carbocycles. The van der Waals surface area contributed by atoms with Crippen molar-refractivity contribution in [1.29, 1.82) is 0 Å². The van der Waals surface area contributed by atoms with Gasteiger partial charge in [-0.05, 0) is 39.7 Å². The zero-order chi connectivity index (χ0) is 18.8. The van der Waals surface area contributed by atoms with Crippen LogP contribution in [0.2, 0.25) is 0 Å². The third-order valence-corrected chi connectivity index (χ3v) is 5.82. The van der Waals surface area contributed by atoms with Crippen LogP contribution in [-0.2, 0) is 11.3 Å². The predicted octanol–water partition coefficient (Wildman–Crippen LogP) is 4.53. The molecule has 0 atom stereocenters. The van der Waals surface area contributed by atoms with Crippen LogP contribution in [-0.4, -0.2) is 15.5 Å². The van der Waals surface area contributed by atoms with Crippen molar-refractivity contribution in [1.82, 2.24) is 9.55 Å². The minimum absolute atomic E-state index is 0.0976. The zero-order valence-electron chi connectivity index (χ0n) is 14.1. The molecule has 0 aliphatic rings. The van der Waals surface area contributed by atoms with Gasteiger partial charge in [0.25, 0.3) is 5.56 Å². The monoisotopic (exact) mass is 439 g/mol. The van der Waals surface area contributed by atoms with E-state index in [0.717, 1.165) is 14.9 Å². The highest BCUT2D eigenvalue weighted by atomic mass is 79.9. The number of amides is 1. The second kappa shape index (κ2) is 7.46. The van der Waals surface area contributed by atoms with Gasteiger partial charge in [0.15, 0.2) is 0 Å². The third-order valence-electron chi connectivity index (χ3n) is 4.04. The molecule has 4 aromatic rings. The Hall–Kier alpha value is -2.77. The topological polar surface area (TPSA) is 64.0 Å². The summed E-state index contributed by atoms with van der Waals surface area (Å²) >= 11 is 4.85. The number of anilines is 1. The van der Waals surface area contributed by atoms with E-state index in [1.165, 1.54) is 22.2 Å². The maximum absolute atomic E-state index is 12.8. The first-order chi connectivity index (χ1) is 13.1. The van der Waals surface area contributed by atoms with Crippen LogP contribution in [0.3, 0.4) is 0 Å². The summed E-state index contributed by atoms with van der Waals surface area (Å²) in [5, 5.41) is 3.32. The van der Waals surface area contributed by atoms with E-state index in [9.17, 15) is 9.59 Å². The standard InChI is InChI=1S/C20H14BrN3O2S/c21-15-8-4-5-9-16(15)23-18(25)11-24-12-22-19-14(20(24)26)10-17(27-19)13-6-2-1-3-7-13/h1-10,12H,11H2,(H,23,25). The van der Waals surface area contributed by atoms with Crippen LogP contribution in [0.4, 0.5) is 5.69 Å². The minimum Gasteiger partial charge on any atom is -0.324 e. The van der Waals surface area contributed by atoms with E-state index in [1.807, 2.05) is 54.6 Å². The van der Waals surface area contributed by atoms with E-state index < -0.39 is 0 Å². The van der Waals surface area contributed by atoms with Gasteiger partial charge in [0, 0.05) is 9.35 Å². The van der Waals surface area contributed by atoms with Crippen LogP contribution in [0.1, 0.15) is 0 Å². The average molecular weight is 440 g/mol. The molecular weight excluding hydrogens is 426 g/mol. The molecule has 0 aliphatic carbocycles. The number of hydrogen-bond acceptors (Lipinski definition) is 4. The van der Waals surface area contributed by atoms with Gasteiger partial charge in [-0.1, -0.05) is 42.5 Å². The van der Waals surface area contributed by atoms with Gasteiger partial charge < -0.3 is 5.32 Å². The van der Waals surface area contributed by atoms with Crippen molar-refractivity contribution in [3.63, 3.8) is 0 Å². The summed E-state index contributed by atoms with van der Waals surface area (Å²) < 4.78 is 2.11. The molecule has 1 N–H and O–H groups in total. The van der Waals surface area contributed by atoms with Gasteiger partial charge in [-0.3, -0.25) is 14.2 Å². The number of fused-ring (bicyclic) bond motifs is 1. The molecule has 7 heteroatoms. The fourth-order valence-corrected chi connectivity index (χ4v) is 4.10. The molecule has 1 amide bonds. The summed E-state index contributed by atoms with van der Waals surface area (Å²) in [5.74, 6) is -0.288. The Labute approximate surface area is 167 Å². The van der Waals surface area contributed by atoms with Gasteiger partial charge in [-0.15, -0.1) is 11.3 Å². The third kappa shape index (κ3) is 3.70. The number of rotatable bonds is 4. The number of nitrogens with zero attached hydrogens (tertiary/aromatic N) is 2. The number of aromatic nitrogens is 2. The lowest BCUT2D eigenvalue weighted by molar-refractivity contribution is -0.116. The van der Waals surface area contributed by atoms with Gasteiger partial charge in [0.1, 0.15) is 11.4 Å². The van der Waals surface area contributed by atoms with Gasteiger partial charge >= 0.3 is 0 Å². The Bertz CT molecular complexity index is 1180. The molecular formula is C20H14BrN3O2S. The Morgan fingerprint density at radius 2 is 1.85 bits per heavy atom. The molecule has 27 heavy (non-hydrogen) atoms. The van der Waals surface area contributed by atoms with Crippen LogP contribution in [0.5, 0.6) is 0 Å². The van der Waals surface area contributed by atoms with Crippen LogP contribution >= 0.6 is 27.3 Å². The highest BCUT2D eigenvalue weighted by Crippen LogP contribution is 2.30. The van der Waals surface area contributed by atoms with E-state index in [4.69, 9.17) is 0 Å². The first kappa shape index (κ1) is 17.6. The van der Waals surface area contributed by atoms with E-state index in [0.29, 0.717) is 15.9 Å². The van der Waals surface area contributed by atoms with Crippen molar-refractivity contribution >= 4 is 49.1 Å². The summed E-state index contributed by atoms with van der Waals surface area (Å²) in [4.78, 5) is 31.1. The number of hydrogen-bond donors (Lipinski definition) is 1. The van der Waals surface area contributed by atoms with Crippen molar-refractivity contribution in [2.45, 2.75) is 6.54 Å². The number of para-hydroxylation sites is 1. The van der Waals surface area contributed by atoms with Crippen molar-refractivity contribution in [3.05, 3.63) is 81.8 Å². The second-order valence-corrected chi connectivity index (χ2v) is 7.79. The lowest BCUT2D eigenvalue weighted by Gasteiger charge is -2.08. The predicted molar refractivity (Wildman–Crippen MR) is 112 cm³/mol. The highest BCUT2D eigenvalue weighted by Gasteiger charge is 2.13. The molecule has 0 bridgehead atoms. The summed E-state index contributed by atoms with van der Waals surface area (Å²) in [7, 11) is 0. The number of nitrogens with one attached hydrogen (secondary N) is 1. The van der Waals surface area contributed by atoms with Gasteiger partial charge in [0.2, 0.25) is 5.91 Å². The molecule has 134 valence electrons. The first-order valence-corrected chi connectivity index (χ1v) is 9.81. The molecule has 0 spiro atoms. The lowest BCUT2D eigenvalue weighted by atomic mass is 10.2. The van der Waals surface area contributed by atoms with Crippen LogP contribution < -0.4 is 10.9 Å². The Morgan fingerprint density at radius 3 is 2.63 bits per heavy atom. The van der Waals surface area contributed by atoms with Crippen molar-refractivity contribution in [3.8, 4) is 10.4 Å². The first-order valence-electron chi connectivity index (χ1n) is 8.20. The van der Waals surface area contributed by atoms with Crippen LogP contribution in [0, 0.1) is 0 Å².